The van der Waals surface area contributed by atoms with Crippen molar-refractivity contribution in [3.05, 3.63) is 17.5 Å². The van der Waals surface area contributed by atoms with Gasteiger partial charge in [-0.15, -0.1) is 0 Å². The number of aromatic nitrogens is 2. The zero-order valence-corrected chi connectivity index (χ0v) is 14.1. The van der Waals surface area contributed by atoms with E-state index >= 15 is 0 Å². The highest BCUT2D eigenvalue weighted by Gasteiger charge is 2.24. The minimum Gasteiger partial charge on any atom is -0.391 e. The van der Waals surface area contributed by atoms with Gasteiger partial charge in [-0.25, -0.2) is 0 Å². The summed E-state index contributed by atoms with van der Waals surface area (Å²) in [6, 6.07) is 2.03. The molecular weight excluding hydrogens is 266 g/mol. The van der Waals surface area contributed by atoms with Crippen LogP contribution in [-0.4, -0.2) is 33.4 Å². The van der Waals surface area contributed by atoms with Gasteiger partial charge in [0.1, 0.15) is 5.69 Å². The summed E-state index contributed by atoms with van der Waals surface area (Å²) in [6.45, 7) is 12.2. The first-order valence-electron chi connectivity index (χ1n) is 7.73. The molecule has 0 saturated heterocycles. The third kappa shape index (κ3) is 4.56. The van der Waals surface area contributed by atoms with E-state index in [9.17, 15) is 9.90 Å². The van der Waals surface area contributed by atoms with E-state index in [4.69, 9.17) is 0 Å². The SMILES string of the molecule is CCC(CC)n1nc(C)cc1C(=O)NCC(O)C(C)(C)C. The van der Waals surface area contributed by atoms with E-state index in [-0.39, 0.29) is 23.9 Å². The maximum absolute atomic E-state index is 12.4. The van der Waals surface area contributed by atoms with Crippen LogP contribution in [0.2, 0.25) is 0 Å². The van der Waals surface area contributed by atoms with E-state index in [0.717, 1.165) is 18.5 Å². The van der Waals surface area contributed by atoms with E-state index in [1.165, 1.54) is 0 Å². The van der Waals surface area contributed by atoms with Crippen LogP contribution in [-0.2, 0) is 0 Å². The third-order valence-corrected chi connectivity index (χ3v) is 3.83. The second kappa shape index (κ2) is 7.07. The van der Waals surface area contributed by atoms with Crippen LogP contribution in [0.5, 0.6) is 0 Å². The molecule has 5 nitrogen and oxygen atoms in total. The van der Waals surface area contributed by atoms with Crippen molar-refractivity contribution < 1.29 is 9.90 Å². The lowest BCUT2D eigenvalue weighted by atomic mass is 9.89. The van der Waals surface area contributed by atoms with Gasteiger partial charge in [0, 0.05) is 6.54 Å². The number of carbonyl (C=O) groups excluding carboxylic acids is 1. The normalized spacial score (nSPS) is 13.5. The highest BCUT2D eigenvalue weighted by molar-refractivity contribution is 5.92. The molecule has 1 unspecified atom stereocenters. The summed E-state index contributed by atoms with van der Waals surface area (Å²) in [6.07, 6.45) is 1.29. The first-order chi connectivity index (χ1) is 9.70. The molecule has 0 aliphatic rings. The Morgan fingerprint density at radius 1 is 1.38 bits per heavy atom. The van der Waals surface area contributed by atoms with Crippen LogP contribution in [0.4, 0.5) is 0 Å². The smallest absolute Gasteiger partial charge is 0.269 e. The number of aryl methyl sites for hydroxylation is 1. The van der Waals surface area contributed by atoms with Gasteiger partial charge in [0.15, 0.2) is 0 Å². The molecule has 5 heteroatoms. The van der Waals surface area contributed by atoms with Crippen molar-refractivity contribution in [1.82, 2.24) is 15.1 Å². The standard InChI is InChI=1S/C16H29N3O2/c1-7-12(8-2)19-13(9-11(3)18-19)15(21)17-10-14(20)16(4,5)6/h9,12,14,20H,7-8,10H2,1-6H3,(H,17,21). The summed E-state index contributed by atoms with van der Waals surface area (Å²) in [4.78, 5) is 12.4. The van der Waals surface area contributed by atoms with Crippen LogP contribution in [0, 0.1) is 12.3 Å². The molecule has 0 aliphatic heterocycles. The number of nitrogens with zero attached hydrogens (tertiary/aromatic N) is 2. The number of hydrogen-bond acceptors (Lipinski definition) is 3. The Morgan fingerprint density at radius 3 is 2.43 bits per heavy atom. The summed E-state index contributed by atoms with van der Waals surface area (Å²) in [5, 5.41) is 17.3. The number of aliphatic hydroxyl groups is 1. The molecule has 0 saturated carbocycles. The Bertz CT molecular complexity index is 470. The van der Waals surface area contributed by atoms with Gasteiger partial charge in [0.2, 0.25) is 0 Å². The second-order valence-corrected chi connectivity index (χ2v) is 6.68. The quantitative estimate of drug-likeness (QED) is 0.848. The van der Waals surface area contributed by atoms with Gasteiger partial charge in [0.25, 0.3) is 5.91 Å². The topological polar surface area (TPSA) is 67.2 Å². The number of aliphatic hydroxyl groups excluding tert-OH is 1. The highest BCUT2D eigenvalue weighted by Crippen LogP contribution is 2.20. The van der Waals surface area contributed by atoms with Crippen LogP contribution in [0.25, 0.3) is 0 Å². The van der Waals surface area contributed by atoms with Crippen molar-refractivity contribution in [2.24, 2.45) is 5.41 Å². The van der Waals surface area contributed by atoms with Gasteiger partial charge < -0.3 is 10.4 Å². The zero-order valence-electron chi connectivity index (χ0n) is 14.1. The lowest BCUT2D eigenvalue weighted by Gasteiger charge is -2.26. The van der Waals surface area contributed by atoms with Crippen LogP contribution >= 0.6 is 0 Å². The van der Waals surface area contributed by atoms with Gasteiger partial charge in [-0.05, 0) is 31.2 Å². The monoisotopic (exact) mass is 295 g/mol. The van der Waals surface area contributed by atoms with Gasteiger partial charge >= 0.3 is 0 Å². The molecule has 0 aromatic carbocycles. The van der Waals surface area contributed by atoms with Gasteiger partial charge in [0.05, 0.1) is 17.8 Å². The minimum absolute atomic E-state index is 0.175. The molecule has 0 bridgehead atoms. The average molecular weight is 295 g/mol. The average Bonchev–Trinajstić information content (AvgIpc) is 2.78. The molecule has 1 atom stereocenters. The van der Waals surface area contributed by atoms with E-state index in [2.05, 4.69) is 24.3 Å². The molecular formula is C16H29N3O2. The Balaban J connectivity index is 2.83. The second-order valence-electron chi connectivity index (χ2n) is 6.68. The summed E-state index contributed by atoms with van der Waals surface area (Å²) >= 11 is 0. The molecule has 0 fully saturated rings. The van der Waals surface area contributed by atoms with Crippen LogP contribution in [0.15, 0.2) is 6.07 Å². The largest absolute Gasteiger partial charge is 0.391 e. The summed E-state index contributed by atoms with van der Waals surface area (Å²) in [5.41, 5.74) is 1.16. The van der Waals surface area contributed by atoms with Crippen molar-refractivity contribution in [2.75, 3.05) is 6.54 Å². The van der Waals surface area contributed by atoms with E-state index in [1.54, 1.807) is 6.07 Å². The first-order valence-corrected chi connectivity index (χ1v) is 7.73. The zero-order chi connectivity index (χ0) is 16.2. The predicted octanol–water partition coefficient (Wildman–Crippen LogP) is 2.69. The molecule has 0 aliphatic carbocycles. The van der Waals surface area contributed by atoms with E-state index < -0.39 is 6.10 Å². The number of nitrogens with one attached hydrogen (secondary N) is 1. The molecule has 0 spiro atoms. The van der Waals surface area contributed by atoms with E-state index in [0.29, 0.717) is 5.69 Å². The lowest BCUT2D eigenvalue weighted by molar-refractivity contribution is 0.0583. The highest BCUT2D eigenvalue weighted by atomic mass is 16.3. The summed E-state index contributed by atoms with van der Waals surface area (Å²) in [7, 11) is 0. The molecule has 1 heterocycles. The fourth-order valence-electron chi connectivity index (χ4n) is 2.19. The van der Waals surface area contributed by atoms with Crippen molar-refractivity contribution in [1.29, 1.82) is 0 Å². The van der Waals surface area contributed by atoms with Crippen molar-refractivity contribution in [3.8, 4) is 0 Å². The molecule has 1 amide bonds. The fourth-order valence-corrected chi connectivity index (χ4v) is 2.19. The molecule has 1 aromatic heterocycles. The fraction of sp³-hybridized carbons (Fsp3) is 0.750. The van der Waals surface area contributed by atoms with Gasteiger partial charge in [-0.1, -0.05) is 34.6 Å². The van der Waals surface area contributed by atoms with Crippen LogP contribution in [0.1, 0.15) is 69.7 Å². The summed E-state index contributed by atoms with van der Waals surface area (Å²) < 4.78 is 1.81. The molecule has 1 rings (SSSR count). The van der Waals surface area contributed by atoms with Crippen molar-refractivity contribution in [2.45, 2.75) is 66.5 Å². The number of rotatable bonds is 6. The first kappa shape index (κ1) is 17.7. The Kier molecular flexibility index (Phi) is 5.96. The Hall–Kier alpha value is -1.36. The van der Waals surface area contributed by atoms with Gasteiger partial charge in [-0.2, -0.15) is 5.10 Å². The number of carbonyl (C=O) groups is 1. The molecule has 21 heavy (non-hydrogen) atoms. The van der Waals surface area contributed by atoms with Crippen molar-refractivity contribution >= 4 is 5.91 Å². The van der Waals surface area contributed by atoms with E-state index in [1.807, 2.05) is 32.4 Å². The molecule has 120 valence electrons. The molecule has 1 aromatic rings. The van der Waals surface area contributed by atoms with Crippen LogP contribution in [0.3, 0.4) is 0 Å². The molecule has 0 radical (unpaired) electrons. The van der Waals surface area contributed by atoms with Gasteiger partial charge in [-0.3, -0.25) is 9.48 Å². The summed E-state index contributed by atoms with van der Waals surface area (Å²) in [5.74, 6) is -0.175. The maximum atomic E-state index is 12.4. The van der Waals surface area contributed by atoms with Crippen LogP contribution < -0.4 is 5.32 Å². The number of amides is 1. The predicted molar refractivity (Wildman–Crippen MR) is 84.4 cm³/mol. The Labute approximate surface area is 127 Å². The molecule has 2 N–H and O–H groups in total. The lowest BCUT2D eigenvalue weighted by Crippen LogP contribution is -2.40. The Morgan fingerprint density at radius 2 is 1.95 bits per heavy atom. The third-order valence-electron chi connectivity index (χ3n) is 3.83. The van der Waals surface area contributed by atoms with Crippen molar-refractivity contribution in [3.63, 3.8) is 0 Å². The number of hydrogen-bond donors (Lipinski definition) is 2. The minimum atomic E-state index is -0.577. The maximum Gasteiger partial charge on any atom is 0.269 e.